The first kappa shape index (κ1) is 12.1. The van der Waals surface area contributed by atoms with Crippen LogP contribution in [0, 0.1) is 5.82 Å². The highest BCUT2D eigenvalue weighted by atomic mass is 35.5. The molecule has 2 rings (SSSR count). The molecule has 2 aromatic rings. The Morgan fingerprint density at radius 3 is 3.00 bits per heavy atom. The van der Waals surface area contributed by atoms with Gasteiger partial charge in [0.2, 0.25) is 0 Å². The Labute approximate surface area is 104 Å². The molecule has 90 valence electrons. The Morgan fingerprint density at radius 1 is 1.47 bits per heavy atom. The van der Waals surface area contributed by atoms with Gasteiger partial charge in [0.05, 0.1) is 16.9 Å². The number of halogens is 2. The van der Waals surface area contributed by atoms with E-state index < -0.39 is 5.82 Å². The Morgan fingerprint density at radius 2 is 2.29 bits per heavy atom. The van der Waals surface area contributed by atoms with Crippen LogP contribution in [-0.4, -0.2) is 16.3 Å². The molecule has 1 aromatic carbocycles. The number of hydrogen-bond donors (Lipinski definition) is 1. The second kappa shape index (κ2) is 5.29. The molecule has 1 aromatic heterocycles. The normalized spacial score (nSPS) is 10.8. The Hall–Kier alpha value is -1.39. The molecule has 0 aliphatic carbocycles. The second-order valence-corrected chi connectivity index (χ2v) is 4.08. The number of nitrogens with zero attached hydrogens (tertiary/aromatic N) is 2. The van der Waals surface area contributed by atoms with Gasteiger partial charge in [-0.15, -0.1) is 0 Å². The maximum absolute atomic E-state index is 13.3. The summed E-state index contributed by atoms with van der Waals surface area (Å²) in [7, 11) is 0. The topological polar surface area (TPSA) is 29.9 Å². The van der Waals surface area contributed by atoms with Crippen molar-refractivity contribution >= 4 is 11.6 Å². The molecule has 1 N–H and O–H groups in total. The lowest BCUT2D eigenvalue weighted by Crippen LogP contribution is -2.10. The molecule has 5 heteroatoms. The quantitative estimate of drug-likeness (QED) is 0.908. The highest BCUT2D eigenvalue weighted by molar-refractivity contribution is 6.30. The summed E-state index contributed by atoms with van der Waals surface area (Å²) in [6.07, 6.45) is 3.63. The van der Waals surface area contributed by atoms with Crippen molar-refractivity contribution in [1.29, 1.82) is 0 Å². The monoisotopic (exact) mass is 253 g/mol. The summed E-state index contributed by atoms with van der Waals surface area (Å²) in [5.74, 6) is -0.437. The van der Waals surface area contributed by atoms with E-state index in [9.17, 15) is 4.39 Å². The maximum Gasteiger partial charge on any atom is 0.143 e. The highest BCUT2D eigenvalue weighted by Gasteiger charge is 2.04. The molecular weight excluding hydrogens is 241 g/mol. The van der Waals surface area contributed by atoms with Crippen LogP contribution in [-0.2, 0) is 6.54 Å². The van der Waals surface area contributed by atoms with Crippen molar-refractivity contribution in [3.05, 3.63) is 47.0 Å². The maximum atomic E-state index is 13.3. The number of hydrogen-bond acceptors (Lipinski definition) is 2. The molecular formula is C12H13ClFN3. The van der Waals surface area contributed by atoms with Crippen molar-refractivity contribution in [2.24, 2.45) is 0 Å². The molecule has 0 aliphatic rings. The molecule has 0 atom stereocenters. The van der Waals surface area contributed by atoms with E-state index in [0.29, 0.717) is 5.69 Å². The second-order valence-electron chi connectivity index (χ2n) is 3.67. The van der Waals surface area contributed by atoms with Gasteiger partial charge in [0.15, 0.2) is 0 Å². The molecule has 17 heavy (non-hydrogen) atoms. The van der Waals surface area contributed by atoms with Crippen LogP contribution in [0.5, 0.6) is 0 Å². The minimum atomic E-state index is -0.437. The van der Waals surface area contributed by atoms with E-state index in [0.717, 1.165) is 18.7 Å². The van der Waals surface area contributed by atoms with E-state index in [-0.39, 0.29) is 5.02 Å². The zero-order chi connectivity index (χ0) is 12.3. The molecule has 0 radical (unpaired) electrons. The molecule has 0 saturated heterocycles. The number of benzene rings is 1. The molecule has 0 aliphatic heterocycles. The first-order valence-electron chi connectivity index (χ1n) is 5.40. The van der Waals surface area contributed by atoms with Gasteiger partial charge in [0.1, 0.15) is 5.82 Å². The molecule has 0 spiro atoms. The average molecular weight is 254 g/mol. The van der Waals surface area contributed by atoms with Crippen LogP contribution >= 0.6 is 11.6 Å². The summed E-state index contributed by atoms with van der Waals surface area (Å²) in [4.78, 5) is 0. The van der Waals surface area contributed by atoms with Gasteiger partial charge in [-0.2, -0.15) is 5.10 Å². The minimum absolute atomic E-state index is 0.119. The van der Waals surface area contributed by atoms with E-state index in [1.54, 1.807) is 16.9 Å². The Bertz CT molecular complexity index is 510. The first-order valence-corrected chi connectivity index (χ1v) is 5.78. The fourth-order valence-corrected chi connectivity index (χ4v) is 1.61. The van der Waals surface area contributed by atoms with Crippen LogP contribution in [0.3, 0.4) is 0 Å². The van der Waals surface area contributed by atoms with Crippen LogP contribution in [0.1, 0.15) is 12.5 Å². The van der Waals surface area contributed by atoms with Crippen LogP contribution in [0.4, 0.5) is 4.39 Å². The zero-order valence-electron chi connectivity index (χ0n) is 9.45. The van der Waals surface area contributed by atoms with E-state index in [4.69, 9.17) is 11.6 Å². The summed E-state index contributed by atoms with van der Waals surface area (Å²) < 4.78 is 14.9. The molecule has 0 amide bonds. The average Bonchev–Trinajstić information content (AvgIpc) is 2.79. The minimum Gasteiger partial charge on any atom is -0.313 e. The fraction of sp³-hybridized carbons (Fsp3) is 0.250. The van der Waals surface area contributed by atoms with Gasteiger partial charge in [0.25, 0.3) is 0 Å². The van der Waals surface area contributed by atoms with Gasteiger partial charge in [0, 0.05) is 24.4 Å². The lowest BCUT2D eigenvalue weighted by Gasteiger charge is -2.02. The largest absolute Gasteiger partial charge is 0.313 e. The molecule has 0 saturated carbocycles. The van der Waals surface area contributed by atoms with Gasteiger partial charge in [-0.3, -0.25) is 0 Å². The third-order valence-electron chi connectivity index (χ3n) is 2.38. The van der Waals surface area contributed by atoms with Gasteiger partial charge >= 0.3 is 0 Å². The van der Waals surface area contributed by atoms with Gasteiger partial charge in [-0.25, -0.2) is 9.07 Å². The van der Waals surface area contributed by atoms with Crippen LogP contribution < -0.4 is 5.32 Å². The van der Waals surface area contributed by atoms with E-state index in [1.807, 2.05) is 13.1 Å². The van der Waals surface area contributed by atoms with Crippen molar-refractivity contribution in [3.63, 3.8) is 0 Å². The molecule has 0 fully saturated rings. The lowest BCUT2D eigenvalue weighted by molar-refractivity contribution is 0.626. The molecule has 1 heterocycles. The summed E-state index contributed by atoms with van der Waals surface area (Å²) in [6, 6.07) is 4.62. The number of rotatable bonds is 4. The van der Waals surface area contributed by atoms with E-state index in [2.05, 4.69) is 10.4 Å². The van der Waals surface area contributed by atoms with E-state index in [1.165, 1.54) is 12.1 Å². The predicted octanol–water partition coefficient (Wildman–Crippen LogP) is 2.77. The number of aromatic nitrogens is 2. The fourth-order valence-electron chi connectivity index (χ4n) is 1.49. The van der Waals surface area contributed by atoms with E-state index >= 15 is 0 Å². The van der Waals surface area contributed by atoms with Crippen LogP contribution in [0.15, 0.2) is 30.6 Å². The lowest BCUT2D eigenvalue weighted by atomic mass is 10.3. The highest BCUT2D eigenvalue weighted by Crippen LogP contribution is 2.18. The summed E-state index contributed by atoms with van der Waals surface area (Å²) in [5.41, 5.74) is 1.72. The third-order valence-corrected chi connectivity index (χ3v) is 2.69. The number of nitrogens with one attached hydrogen (secondary N) is 1. The van der Waals surface area contributed by atoms with Gasteiger partial charge in [-0.1, -0.05) is 18.5 Å². The summed E-state index contributed by atoms with van der Waals surface area (Å²) in [6.45, 7) is 3.70. The predicted molar refractivity (Wildman–Crippen MR) is 65.9 cm³/mol. The third kappa shape index (κ3) is 2.84. The van der Waals surface area contributed by atoms with Crippen molar-refractivity contribution in [1.82, 2.24) is 15.1 Å². The van der Waals surface area contributed by atoms with Crippen molar-refractivity contribution in [2.75, 3.05) is 6.54 Å². The first-order chi connectivity index (χ1) is 8.20. The Kier molecular flexibility index (Phi) is 3.76. The van der Waals surface area contributed by atoms with Crippen molar-refractivity contribution < 1.29 is 4.39 Å². The van der Waals surface area contributed by atoms with Crippen molar-refractivity contribution in [3.8, 4) is 5.69 Å². The van der Waals surface area contributed by atoms with Gasteiger partial charge < -0.3 is 5.32 Å². The summed E-state index contributed by atoms with van der Waals surface area (Å²) >= 11 is 5.63. The molecule has 3 nitrogen and oxygen atoms in total. The molecule has 0 bridgehead atoms. The standard InChI is InChI=1S/C12H13ClFN3/c1-2-15-6-9-7-16-17(8-9)10-3-4-11(13)12(14)5-10/h3-5,7-8,15H,2,6H2,1H3. The molecule has 0 unspecified atom stereocenters. The van der Waals surface area contributed by atoms with Gasteiger partial charge in [-0.05, 0) is 18.7 Å². The van der Waals surface area contributed by atoms with Crippen LogP contribution in [0.25, 0.3) is 5.69 Å². The van der Waals surface area contributed by atoms with Crippen molar-refractivity contribution in [2.45, 2.75) is 13.5 Å². The summed E-state index contributed by atoms with van der Waals surface area (Å²) in [5, 5.41) is 7.50. The SMILES string of the molecule is CCNCc1cnn(-c2ccc(Cl)c(F)c2)c1. The Balaban J connectivity index is 2.21. The van der Waals surface area contributed by atoms with Crippen LogP contribution in [0.2, 0.25) is 5.02 Å². The zero-order valence-corrected chi connectivity index (χ0v) is 10.2. The smallest absolute Gasteiger partial charge is 0.143 e.